The number of nitrogens with two attached hydrogens (primary N) is 1. The fourth-order valence-corrected chi connectivity index (χ4v) is 3.44. The van der Waals surface area contributed by atoms with Crippen molar-refractivity contribution in [3.05, 3.63) is 97.0 Å². The Hall–Kier alpha value is -4.52. The molecule has 164 valence electrons. The summed E-state index contributed by atoms with van der Waals surface area (Å²) in [6.45, 7) is 9.12. The lowest BCUT2D eigenvalue weighted by Gasteiger charge is -2.14. The summed E-state index contributed by atoms with van der Waals surface area (Å²) in [6.07, 6.45) is 2.87. The summed E-state index contributed by atoms with van der Waals surface area (Å²) in [4.78, 5) is 20.8. The van der Waals surface area contributed by atoms with Crippen molar-refractivity contribution in [2.75, 3.05) is 10.6 Å². The average Bonchev–Trinajstić information content (AvgIpc) is 2.81. The smallest absolute Gasteiger partial charge is 0.247 e. The van der Waals surface area contributed by atoms with Gasteiger partial charge in [0.2, 0.25) is 11.9 Å². The van der Waals surface area contributed by atoms with Crippen LogP contribution in [0.3, 0.4) is 0 Å². The van der Waals surface area contributed by atoms with E-state index in [0.29, 0.717) is 45.2 Å². The lowest BCUT2D eigenvalue weighted by atomic mass is 10.00. The Morgan fingerprint density at radius 1 is 1.15 bits per heavy atom. The van der Waals surface area contributed by atoms with Gasteiger partial charge in [0, 0.05) is 22.8 Å². The molecule has 6 nitrogen and oxygen atoms in total. The van der Waals surface area contributed by atoms with Gasteiger partial charge in [-0.1, -0.05) is 31.4 Å². The Balaban J connectivity index is 1.68. The number of halogens is 1. The number of benzene rings is 3. The Kier molecular flexibility index (Phi) is 5.87. The van der Waals surface area contributed by atoms with Gasteiger partial charge in [0.1, 0.15) is 5.82 Å². The number of carbonyl (C=O) groups excluding carboxylic acids is 1. The molecule has 0 saturated carbocycles. The molecule has 4 aromatic rings. The maximum absolute atomic E-state index is 14.5. The quantitative estimate of drug-likeness (QED) is 0.343. The highest BCUT2D eigenvalue weighted by Gasteiger charge is 2.12. The summed E-state index contributed by atoms with van der Waals surface area (Å²) in [5.41, 5.74) is 10.8. The maximum atomic E-state index is 14.5. The minimum atomic E-state index is -0.354. The molecule has 3 aromatic carbocycles. The van der Waals surface area contributed by atoms with Crippen LogP contribution >= 0.6 is 0 Å². The molecule has 0 aliphatic rings. The second-order valence-electron chi connectivity index (χ2n) is 7.50. The molecule has 0 bridgehead atoms. The molecule has 0 atom stereocenters. The van der Waals surface area contributed by atoms with Gasteiger partial charge in [-0.25, -0.2) is 14.4 Å². The van der Waals surface area contributed by atoms with E-state index in [0.717, 1.165) is 10.9 Å². The second kappa shape index (κ2) is 8.92. The molecule has 0 aliphatic heterocycles. The summed E-state index contributed by atoms with van der Waals surface area (Å²) in [7, 11) is 0. The molecule has 0 saturated heterocycles. The number of nitrogens with one attached hydrogen (secondary N) is 2. The lowest BCUT2D eigenvalue weighted by Crippen LogP contribution is -2.10. The van der Waals surface area contributed by atoms with E-state index in [1.54, 1.807) is 36.5 Å². The zero-order chi connectivity index (χ0) is 23.5. The van der Waals surface area contributed by atoms with E-state index in [2.05, 4.69) is 33.8 Å². The molecular formula is C26H22FN5O. The molecule has 1 heterocycles. The number of aryl methyl sites for hydroxylation is 1. The first kappa shape index (κ1) is 21.7. The molecule has 0 aliphatic carbocycles. The number of hydrogen-bond donors (Lipinski definition) is 3. The highest BCUT2D eigenvalue weighted by atomic mass is 19.1. The van der Waals surface area contributed by atoms with Gasteiger partial charge in [-0.2, -0.15) is 0 Å². The van der Waals surface area contributed by atoms with E-state index in [1.807, 2.05) is 25.1 Å². The molecule has 0 fully saturated rings. The van der Waals surface area contributed by atoms with Crippen molar-refractivity contribution in [1.82, 2.24) is 9.97 Å². The Morgan fingerprint density at radius 2 is 1.97 bits per heavy atom. The van der Waals surface area contributed by atoms with Crippen LogP contribution in [0.5, 0.6) is 0 Å². The van der Waals surface area contributed by atoms with Crippen LogP contribution in [0, 0.1) is 12.7 Å². The number of amides is 1. The normalized spacial score (nSPS) is 10.6. The predicted molar refractivity (Wildman–Crippen MR) is 131 cm³/mol. The highest BCUT2D eigenvalue weighted by Crippen LogP contribution is 2.30. The highest BCUT2D eigenvalue weighted by molar-refractivity contribution is 6.01. The molecule has 4 N–H and O–H groups in total. The van der Waals surface area contributed by atoms with Crippen molar-refractivity contribution in [2.24, 2.45) is 5.73 Å². The molecule has 0 radical (unpaired) electrons. The van der Waals surface area contributed by atoms with E-state index in [4.69, 9.17) is 5.73 Å². The predicted octanol–water partition coefficient (Wildman–Crippen LogP) is 5.54. The summed E-state index contributed by atoms with van der Waals surface area (Å²) in [5, 5.41) is 6.71. The lowest BCUT2D eigenvalue weighted by molar-refractivity contribution is -0.111. The number of rotatable bonds is 6. The molecule has 1 amide bonds. The van der Waals surface area contributed by atoms with Crippen LogP contribution in [0.1, 0.15) is 11.1 Å². The van der Waals surface area contributed by atoms with Crippen molar-refractivity contribution in [3.8, 4) is 11.1 Å². The SMILES string of the molecule is C=CC(=O)Nc1cccc(C)c1Nc1ncc2cc(-c3cc(C(=C)N)ccc3F)ccc2n1. The third-order valence-electron chi connectivity index (χ3n) is 5.18. The number of nitrogens with zero attached hydrogens (tertiary/aromatic N) is 2. The summed E-state index contributed by atoms with van der Waals surface area (Å²) in [6, 6.07) is 15.6. The van der Waals surface area contributed by atoms with E-state index in [-0.39, 0.29) is 11.7 Å². The number of fused-ring (bicyclic) bond motifs is 1. The van der Waals surface area contributed by atoms with E-state index in [9.17, 15) is 9.18 Å². The molecular weight excluding hydrogens is 417 g/mol. The van der Waals surface area contributed by atoms with Crippen LogP contribution in [0.4, 0.5) is 21.7 Å². The van der Waals surface area contributed by atoms with Crippen LogP contribution in [0.15, 0.2) is 80.0 Å². The third-order valence-corrected chi connectivity index (χ3v) is 5.18. The van der Waals surface area contributed by atoms with Gasteiger partial charge in [-0.3, -0.25) is 4.79 Å². The van der Waals surface area contributed by atoms with Crippen LogP contribution in [0.2, 0.25) is 0 Å². The van der Waals surface area contributed by atoms with Crippen molar-refractivity contribution in [1.29, 1.82) is 0 Å². The number of para-hydroxylation sites is 1. The number of anilines is 3. The molecule has 0 spiro atoms. The van der Waals surface area contributed by atoms with Gasteiger partial charge in [0.15, 0.2) is 0 Å². The number of aromatic nitrogens is 2. The van der Waals surface area contributed by atoms with Crippen LogP contribution in [-0.4, -0.2) is 15.9 Å². The Morgan fingerprint density at radius 3 is 2.73 bits per heavy atom. The summed E-state index contributed by atoms with van der Waals surface area (Å²) < 4.78 is 14.5. The van der Waals surface area contributed by atoms with Gasteiger partial charge >= 0.3 is 0 Å². The van der Waals surface area contributed by atoms with E-state index < -0.39 is 0 Å². The number of hydrogen-bond acceptors (Lipinski definition) is 5. The molecule has 7 heteroatoms. The largest absolute Gasteiger partial charge is 0.399 e. The first-order valence-corrected chi connectivity index (χ1v) is 10.2. The van der Waals surface area contributed by atoms with E-state index >= 15 is 0 Å². The number of carbonyl (C=O) groups is 1. The maximum Gasteiger partial charge on any atom is 0.247 e. The minimum Gasteiger partial charge on any atom is -0.399 e. The van der Waals surface area contributed by atoms with Crippen molar-refractivity contribution in [2.45, 2.75) is 6.92 Å². The molecule has 4 rings (SSSR count). The Labute approximate surface area is 190 Å². The summed E-state index contributed by atoms with van der Waals surface area (Å²) >= 11 is 0. The van der Waals surface area contributed by atoms with Gasteiger partial charge in [-0.15, -0.1) is 0 Å². The first-order chi connectivity index (χ1) is 15.9. The van der Waals surface area contributed by atoms with Crippen molar-refractivity contribution >= 4 is 39.8 Å². The summed E-state index contributed by atoms with van der Waals surface area (Å²) in [5.74, 6) is -0.302. The van der Waals surface area contributed by atoms with Crippen molar-refractivity contribution < 1.29 is 9.18 Å². The zero-order valence-corrected chi connectivity index (χ0v) is 18.0. The van der Waals surface area contributed by atoms with E-state index in [1.165, 1.54) is 12.1 Å². The van der Waals surface area contributed by atoms with Crippen LogP contribution in [-0.2, 0) is 4.79 Å². The van der Waals surface area contributed by atoms with Gasteiger partial charge in [-0.05, 0) is 66.1 Å². The first-order valence-electron chi connectivity index (χ1n) is 10.2. The fourth-order valence-electron chi connectivity index (χ4n) is 3.44. The van der Waals surface area contributed by atoms with Gasteiger partial charge < -0.3 is 16.4 Å². The van der Waals surface area contributed by atoms with Crippen LogP contribution in [0.25, 0.3) is 27.7 Å². The minimum absolute atomic E-state index is 0.315. The monoisotopic (exact) mass is 439 g/mol. The zero-order valence-electron chi connectivity index (χ0n) is 18.0. The Bertz CT molecular complexity index is 1410. The topological polar surface area (TPSA) is 92.9 Å². The van der Waals surface area contributed by atoms with Gasteiger partial charge in [0.25, 0.3) is 0 Å². The standard InChI is InChI=1S/C26H22FN5O/c1-4-24(33)30-23-7-5-6-15(2)25(23)32-26-29-14-19-12-18(9-11-22(19)31-26)20-13-17(16(3)28)8-10-21(20)27/h4-14H,1,3,28H2,2H3,(H,30,33)(H,29,31,32). The second-order valence-corrected chi connectivity index (χ2v) is 7.50. The van der Waals surface area contributed by atoms with Crippen molar-refractivity contribution in [3.63, 3.8) is 0 Å². The third kappa shape index (κ3) is 4.57. The molecule has 1 aromatic heterocycles. The molecule has 33 heavy (non-hydrogen) atoms. The van der Waals surface area contributed by atoms with Gasteiger partial charge in [0.05, 0.1) is 16.9 Å². The fraction of sp³-hybridized carbons (Fsp3) is 0.0385. The molecule has 0 unspecified atom stereocenters. The van der Waals surface area contributed by atoms with Crippen LogP contribution < -0.4 is 16.4 Å². The average molecular weight is 439 g/mol.